The SMILES string of the molecule is Cn1c(C(F)(F)F)cc(=O)n(-c2cc(SCCCC(=O)O)c(Cl)cc2F)c1=O. The van der Waals surface area contributed by atoms with Crippen molar-refractivity contribution >= 4 is 29.3 Å². The number of carboxylic acids is 1. The first-order valence-corrected chi connectivity index (χ1v) is 9.04. The van der Waals surface area contributed by atoms with Crippen molar-refractivity contribution in [2.75, 3.05) is 5.75 Å². The topological polar surface area (TPSA) is 81.3 Å². The zero-order chi connectivity index (χ0) is 21.2. The standard InChI is InChI=1S/C16H13ClF4N2O4S/c1-22-12(16(19,20)21)7-13(24)23(15(22)27)10-6-11(8(17)5-9(10)18)28-4-2-3-14(25)26/h5-7H,2-4H2,1H3,(H,25,26). The lowest BCUT2D eigenvalue weighted by atomic mass is 10.3. The van der Waals surface area contributed by atoms with Gasteiger partial charge in [0.1, 0.15) is 11.5 Å². The highest BCUT2D eigenvalue weighted by molar-refractivity contribution is 7.99. The van der Waals surface area contributed by atoms with Gasteiger partial charge in [0, 0.05) is 24.4 Å². The lowest BCUT2D eigenvalue weighted by Crippen LogP contribution is -2.41. The average Bonchev–Trinajstić information content (AvgIpc) is 2.56. The Labute approximate surface area is 164 Å². The maximum Gasteiger partial charge on any atom is 0.431 e. The summed E-state index contributed by atoms with van der Waals surface area (Å²) >= 11 is 6.99. The van der Waals surface area contributed by atoms with E-state index in [0.29, 0.717) is 5.75 Å². The first-order chi connectivity index (χ1) is 12.9. The van der Waals surface area contributed by atoms with Gasteiger partial charge in [0.15, 0.2) is 0 Å². The zero-order valence-electron chi connectivity index (χ0n) is 14.2. The molecule has 12 heteroatoms. The van der Waals surface area contributed by atoms with Crippen LogP contribution < -0.4 is 11.2 Å². The van der Waals surface area contributed by atoms with Crippen molar-refractivity contribution in [2.45, 2.75) is 23.9 Å². The van der Waals surface area contributed by atoms with Crippen molar-refractivity contribution in [1.29, 1.82) is 0 Å². The van der Waals surface area contributed by atoms with Crippen molar-refractivity contribution in [3.05, 3.63) is 55.6 Å². The molecule has 1 aromatic heterocycles. The highest BCUT2D eigenvalue weighted by Crippen LogP contribution is 2.32. The number of benzene rings is 1. The summed E-state index contributed by atoms with van der Waals surface area (Å²) in [5.74, 6) is -1.76. The fourth-order valence-corrected chi connectivity index (χ4v) is 3.54. The molecule has 2 rings (SSSR count). The Morgan fingerprint density at radius 2 is 1.89 bits per heavy atom. The third kappa shape index (κ3) is 4.76. The molecule has 0 aliphatic rings. The van der Waals surface area contributed by atoms with E-state index in [1.807, 2.05) is 0 Å². The van der Waals surface area contributed by atoms with Crippen LogP contribution in [0.5, 0.6) is 0 Å². The van der Waals surface area contributed by atoms with Gasteiger partial charge in [0.2, 0.25) is 0 Å². The quantitative estimate of drug-likeness (QED) is 0.423. The van der Waals surface area contributed by atoms with Crippen molar-refractivity contribution in [3.63, 3.8) is 0 Å². The molecule has 28 heavy (non-hydrogen) atoms. The van der Waals surface area contributed by atoms with E-state index in [4.69, 9.17) is 16.7 Å². The van der Waals surface area contributed by atoms with Crippen LogP contribution >= 0.6 is 23.4 Å². The fraction of sp³-hybridized carbons (Fsp3) is 0.312. The van der Waals surface area contributed by atoms with Gasteiger partial charge < -0.3 is 5.11 Å². The summed E-state index contributed by atoms with van der Waals surface area (Å²) in [4.78, 5) is 35.2. The molecule has 0 saturated carbocycles. The molecule has 0 unspecified atom stereocenters. The van der Waals surface area contributed by atoms with E-state index in [1.54, 1.807) is 0 Å². The molecule has 1 N–H and O–H groups in total. The molecule has 0 atom stereocenters. The normalized spacial score (nSPS) is 11.6. The Balaban J connectivity index is 2.52. The molecule has 1 aromatic carbocycles. The number of halogens is 5. The Morgan fingerprint density at radius 1 is 1.25 bits per heavy atom. The summed E-state index contributed by atoms with van der Waals surface area (Å²) < 4.78 is 53.6. The molecule has 152 valence electrons. The molecule has 0 amide bonds. The summed E-state index contributed by atoms with van der Waals surface area (Å²) in [5.41, 5.74) is -4.73. The van der Waals surface area contributed by atoms with E-state index in [9.17, 15) is 31.9 Å². The van der Waals surface area contributed by atoms with Crippen LogP contribution in [0.25, 0.3) is 5.69 Å². The molecule has 1 heterocycles. The van der Waals surface area contributed by atoms with Gasteiger partial charge in [-0.25, -0.2) is 13.8 Å². The van der Waals surface area contributed by atoms with Gasteiger partial charge in [-0.1, -0.05) is 11.6 Å². The number of hydrogen-bond donors (Lipinski definition) is 1. The number of aromatic nitrogens is 2. The molecule has 0 radical (unpaired) electrons. The molecule has 0 aliphatic heterocycles. The number of carboxylic acid groups (broad SMARTS) is 1. The van der Waals surface area contributed by atoms with Crippen LogP contribution in [0.15, 0.2) is 32.7 Å². The van der Waals surface area contributed by atoms with Crippen LogP contribution in [0.3, 0.4) is 0 Å². The Morgan fingerprint density at radius 3 is 2.46 bits per heavy atom. The summed E-state index contributed by atoms with van der Waals surface area (Å²) in [6.45, 7) is 0. The number of nitrogens with zero attached hydrogens (tertiary/aromatic N) is 2. The van der Waals surface area contributed by atoms with Crippen LogP contribution in [-0.4, -0.2) is 26.0 Å². The second-order valence-corrected chi connectivity index (χ2v) is 7.17. The molecule has 0 bridgehead atoms. The molecule has 0 spiro atoms. The van der Waals surface area contributed by atoms with Gasteiger partial charge in [-0.15, -0.1) is 11.8 Å². The number of rotatable bonds is 6. The predicted octanol–water partition coefficient (Wildman–Crippen LogP) is 3.30. The largest absolute Gasteiger partial charge is 0.481 e. The second-order valence-electron chi connectivity index (χ2n) is 5.62. The molecular weight excluding hydrogens is 428 g/mol. The number of aliphatic carboxylic acids is 1. The number of carbonyl (C=O) groups is 1. The molecular formula is C16H13ClF4N2O4S. The Hall–Kier alpha value is -2.27. The van der Waals surface area contributed by atoms with Gasteiger partial charge in [-0.2, -0.15) is 13.2 Å². The monoisotopic (exact) mass is 440 g/mol. The van der Waals surface area contributed by atoms with Gasteiger partial charge >= 0.3 is 17.8 Å². The van der Waals surface area contributed by atoms with E-state index in [-0.39, 0.29) is 38.0 Å². The van der Waals surface area contributed by atoms with Gasteiger partial charge in [0.05, 0.1) is 10.7 Å². The fourth-order valence-electron chi connectivity index (χ4n) is 2.33. The Kier molecular flexibility index (Phi) is 6.60. The van der Waals surface area contributed by atoms with E-state index in [2.05, 4.69) is 0 Å². The highest BCUT2D eigenvalue weighted by atomic mass is 35.5. The molecule has 0 fully saturated rings. The lowest BCUT2D eigenvalue weighted by molar-refractivity contribution is -0.144. The van der Waals surface area contributed by atoms with Gasteiger partial charge in [0.25, 0.3) is 5.56 Å². The Bertz CT molecular complexity index is 1030. The molecule has 2 aromatic rings. The second kappa shape index (κ2) is 8.39. The highest BCUT2D eigenvalue weighted by Gasteiger charge is 2.35. The smallest absolute Gasteiger partial charge is 0.431 e. The third-order valence-electron chi connectivity index (χ3n) is 3.65. The van der Waals surface area contributed by atoms with E-state index < -0.39 is 40.6 Å². The maximum absolute atomic E-state index is 14.3. The zero-order valence-corrected chi connectivity index (χ0v) is 15.8. The van der Waals surface area contributed by atoms with E-state index in [1.165, 1.54) is 0 Å². The minimum Gasteiger partial charge on any atom is -0.481 e. The first kappa shape index (κ1) is 22.0. The van der Waals surface area contributed by atoms with Crippen molar-refractivity contribution in [3.8, 4) is 5.69 Å². The third-order valence-corrected chi connectivity index (χ3v) is 5.21. The summed E-state index contributed by atoms with van der Waals surface area (Å²) in [5, 5.41) is 8.58. The van der Waals surface area contributed by atoms with E-state index >= 15 is 0 Å². The number of thioether (sulfide) groups is 1. The van der Waals surface area contributed by atoms with Crippen molar-refractivity contribution in [1.82, 2.24) is 9.13 Å². The molecule has 6 nitrogen and oxygen atoms in total. The van der Waals surface area contributed by atoms with Crippen molar-refractivity contribution < 1.29 is 27.5 Å². The minimum atomic E-state index is -4.93. The minimum absolute atomic E-state index is 0.0432. The summed E-state index contributed by atoms with van der Waals surface area (Å²) in [6, 6.07) is 2.11. The van der Waals surface area contributed by atoms with Gasteiger partial charge in [-0.3, -0.25) is 14.2 Å². The van der Waals surface area contributed by atoms with Crippen LogP contribution in [0.1, 0.15) is 18.5 Å². The van der Waals surface area contributed by atoms with Crippen LogP contribution in [0.4, 0.5) is 17.6 Å². The van der Waals surface area contributed by atoms with Gasteiger partial charge in [-0.05, 0) is 24.3 Å². The lowest BCUT2D eigenvalue weighted by Gasteiger charge is -2.15. The van der Waals surface area contributed by atoms with Crippen LogP contribution in [0, 0.1) is 5.82 Å². The first-order valence-electron chi connectivity index (χ1n) is 7.67. The van der Waals surface area contributed by atoms with E-state index in [0.717, 1.165) is 30.9 Å². The average molecular weight is 441 g/mol. The number of hydrogen-bond acceptors (Lipinski definition) is 4. The molecule has 0 aliphatic carbocycles. The maximum atomic E-state index is 14.3. The summed E-state index contributed by atoms with van der Waals surface area (Å²) in [6.07, 6.45) is -4.75. The summed E-state index contributed by atoms with van der Waals surface area (Å²) in [7, 11) is 0.816. The van der Waals surface area contributed by atoms with Crippen LogP contribution in [0.2, 0.25) is 5.02 Å². The van der Waals surface area contributed by atoms with Crippen molar-refractivity contribution in [2.24, 2.45) is 7.05 Å². The predicted molar refractivity (Wildman–Crippen MR) is 94.8 cm³/mol. The number of alkyl halides is 3. The van der Waals surface area contributed by atoms with Crippen LogP contribution in [-0.2, 0) is 18.0 Å². The molecule has 0 saturated heterocycles.